The fourth-order valence-electron chi connectivity index (χ4n) is 1.96. The number of halogens is 2. The first kappa shape index (κ1) is 11.6. The van der Waals surface area contributed by atoms with Gasteiger partial charge in [-0.15, -0.1) is 0 Å². The van der Waals surface area contributed by atoms with Gasteiger partial charge in [0.05, 0.1) is 10.0 Å². The quantitative estimate of drug-likeness (QED) is 0.889. The van der Waals surface area contributed by atoms with Crippen molar-refractivity contribution in [2.24, 2.45) is 5.92 Å². The number of nitrogens with one attached hydrogen (secondary N) is 1. The fourth-order valence-corrected chi connectivity index (χ4v) is 2.33. The molecule has 0 spiro atoms. The highest BCUT2D eigenvalue weighted by molar-refractivity contribution is 9.10. The summed E-state index contributed by atoms with van der Waals surface area (Å²) in [5.41, 5.74) is 0.105. The van der Waals surface area contributed by atoms with Crippen LogP contribution in [0, 0.1) is 11.7 Å². The molecule has 1 aliphatic carbocycles. The van der Waals surface area contributed by atoms with Crippen molar-refractivity contribution in [2.75, 3.05) is 0 Å². The first-order chi connectivity index (χ1) is 7.58. The summed E-state index contributed by atoms with van der Waals surface area (Å²) in [6.45, 7) is 2.14. The molecule has 2 rings (SSSR count). The number of carbonyl (C=O) groups is 1. The average molecular weight is 286 g/mol. The van der Waals surface area contributed by atoms with Crippen LogP contribution in [0.3, 0.4) is 0 Å². The first-order valence-corrected chi connectivity index (χ1v) is 6.12. The summed E-state index contributed by atoms with van der Waals surface area (Å²) < 4.78 is 13.9. The van der Waals surface area contributed by atoms with E-state index in [0.717, 1.165) is 12.8 Å². The van der Waals surface area contributed by atoms with Crippen molar-refractivity contribution in [2.45, 2.75) is 25.8 Å². The summed E-state index contributed by atoms with van der Waals surface area (Å²) in [5, 5.41) is 2.83. The van der Waals surface area contributed by atoms with E-state index < -0.39 is 5.82 Å². The van der Waals surface area contributed by atoms with Crippen LogP contribution in [0.2, 0.25) is 0 Å². The van der Waals surface area contributed by atoms with Gasteiger partial charge < -0.3 is 5.32 Å². The predicted molar refractivity (Wildman–Crippen MR) is 63.8 cm³/mol. The van der Waals surface area contributed by atoms with Gasteiger partial charge in [0.2, 0.25) is 0 Å². The SMILES string of the molecule is CC1CC(NC(=O)c2cccc(Br)c2F)C1. The van der Waals surface area contributed by atoms with Crippen LogP contribution in [0.15, 0.2) is 22.7 Å². The van der Waals surface area contributed by atoms with E-state index in [2.05, 4.69) is 28.2 Å². The number of rotatable bonds is 2. The zero-order valence-corrected chi connectivity index (χ0v) is 10.6. The lowest BCUT2D eigenvalue weighted by molar-refractivity contribution is 0.0892. The summed E-state index contributed by atoms with van der Waals surface area (Å²) >= 11 is 3.07. The van der Waals surface area contributed by atoms with E-state index in [-0.39, 0.29) is 17.5 Å². The third kappa shape index (κ3) is 2.26. The molecule has 0 bridgehead atoms. The number of amides is 1. The van der Waals surface area contributed by atoms with Gasteiger partial charge in [0, 0.05) is 6.04 Å². The first-order valence-electron chi connectivity index (χ1n) is 5.33. The van der Waals surface area contributed by atoms with Crippen LogP contribution in [0.25, 0.3) is 0 Å². The van der Waals surface area contributed by atoms with E-state index >= 15 is 0 Å². The molecule has 0 aromatic heterocycles. The second kappa shape index (κ2) is 4.53. The van der Waals surface area contributed by atoms with Gasteiger partial charge in [0.25, 0.3) is 5.91 Å². The molecule has 0 heterocycles. The van der Waals surface area contributed by atoms with E-state index in [0.29, 0.717) is 10.4 Å². The largest absolute Gasteiger partial charge is 0.349 e. The molecule has 0 radical (unpaired) electrons. The summed E-state index contributed by atoms with van der Waals surface area (Å²) in [6, 6.07) is 4.95. The summed E-state index contributed by atoms with van der Waals surface area (Å²) in [4.78, 5) is 11.8. The van der Waals surface area contributed by atoms with Crippen LogP contribution in [-0.2, 0) is 0 Å². The molecule has 1 N–H and O–H groups in total. The average Bonchev–Trinajstić information content (AvgIpc) is 2.19. The van der Waals surface area contributed by atoms with Gasteiger partial charge in [-0.05, 0) is 46.8 Å². The summed E-state index contributed by atoms with van der Waals surface area (Å²) in [6.07, 6.45) is 1.97. The van der Waals surface area contributed by atoms with Crippen LogP contribution in [0.1, 0.15) is 30.1 Å². The highest BCUT2D eigenvalue weighted by Gasteiger charge is 2.27. The van der Waals surface area contributed by atoms with Crippen molar-refractivity contribution in [1.29, 1.82) is 0 Å². The summed E-state index contributed by atoms with van der Waals surface area (Å²) in [5.74, 6) is -0.152. The molecular weight excluding hydrogens is 273 g/mol. The summed E-state index contributed by atoms with van der Waals surface area (Å²) in [7, 11) is 0. The molecule has 1 amide bonds. The van der Waals surface area contributed by atoms with Crippen molar-refractivity contribution in [1.82, 2.24) is 5.32 Å². The lowest BCUT2D eigenvalue weighted by Gasteiger charge is -2.33. The van der Waals surface area contributed by atoms with Crippen LogP contribution in [-0.4, -0.2) is 11.9 Å². The maximum absolute atomic E-state index is 13.6. The molecule has 16 heavy (non-hydrogen) atoms. The highest BCUT2D eigenvalue weighted by Crippen LogP contribution is 2.27. The molecule has 4 heteroatoms. The van der Waals surface area contributed by atoms with Crippen LogP contribution >= 0.6 is 15.9 Å². The van der Waals surface area contributed by atoms with Gasteiger partial charge in [0.1, 0.15) is 5.82 Å². The highest BCUT2D eigenvalue weighted by atomic mass is 79.9. The Labute approximate surface area is 102 Å². The lowest BCUT2D eigenvalue weighted by atomic mass is 9.82. The Kier molecular flexibility index (Phi) is 3.28. The number of benzene rings is 1. The Morgan fingerprint density at radius 1 is 1.50 bits per heavy atom. The van der Waals surface area contributed by atoms with E-state index in [1.807, 2.05) is 0 Å². The molecule has 1 saturated carbocycles. The van der Waals surface area contributed by atoms with Gasteiger partial charge >= 0.3 is 0 Å². The Bertz CT molecular complexity index is 415. The molecule has 2 nitrogen and oxygen atoms in total. The molecule has 0 unspecified atom stereocenters. The van der Waals surface area contributed by atoms with Crippen LogP contribution in [0.4, 0.5) is 4.39 Å². The second-order valence-corrected chi connectivity index (χ2v) is 5.20. The smallest absolute Gasteiger partial charge is 0.254 e. The van der Waals surface area contributed by atoms with Gasteiger partial charge in [-0.2, -0.15) is 0 Å². The van der Waals surface area contributed by atoms with Crippen molar-refractivity contribution >= 4 is 21.8 Å². The Hall–Kier alpha value is -0.900. The van der Waals surface area contributed by atoms with Crippen LogP contribution < -0.4 is 5.32 Å². The normalized spacial score (nSPS) is 23.7. The minimum absolute atomic E-state index is 0.105. The Morgan fingerprint density at radius 3 is 2.81 bits per heavy atom. The number of carbonyl (C=O) groups excluding carboxylic acids is 1. The molecular formula is C12H13BrFNO. The van der Waals surface area contributed by atoms with E-state index in [9.17, 15) is 9.18 Å². The monoisotopic (exact) mass is 285 g/mol. The maximum Gasteiger partial charge on any atom is 0.254 e. The third-order valence-corrected chi connectivity index (χ3v) is 3.52. The van der Waals surface area contributed by atoms with Crippen molar-refractivity contribution in [3.05, 3.63) is 34.1 Å². The van der Waals surface area contributed by atoms with Crippen molar-refractivity contribution < 1.29 is 9.18 Å². The topological polar surface area (TPSA) is 29.1 Å². The van der Waals surface area contributed by atoms with E-state index in [1.165, 1.54) is 6.07 Å². The Morgan fingerprint density at radius 2 is 2.19 bits per heavy atom. The second-order valence-electron chi connectivity index (χ2n) is 4.35. The maximum atomic E-state index is 13.6. The lowest BCUT2D eigenvalue weighted by Crippen LogP contribution is -2.43. The standard InChI is InChI=1S/C12H13BrFNO/c1-7-5-8(6-7)15-12(16)9-3-2-4-10(13)11(9)14/h2-4,7-8H,5-6H2,1H3,(H,15,16). The number of hydrogen-bond donors (Lipinski definition) is 1. The van der Waals surface area contributed by atoms with Crippen molar-refractivity contribution in [3.63, 3.8) is 0 Å². The molecule has 0 atom stereocenters. The minimum atomic E-state index is -0.493. The number of hydrogen-bond acceptors (Lipinski definition) is 1. The molecule has 1 aliphatic rings. The van der Waals surface area contributed by atoms with Gasteiger partial charge in [-0.3, -0.25) is 4.79 Å². The van der Waals surface area contributed by atoms with E-state index in [4.69, 9.17) is 0 Å². The molecule has 0 aliphatic heterocycles. The fraction of sp³-hybridized carbons (Fsp3) is 0.417. The zero-order valence-electron chi connectivity index (χ0n) is 8.97. The predicted octanol–water partition coefficient (Wildman–Crippen LogP) is 3.12. The molecule has 1 aromatic carbocycles. The van der Waals surface area contributed by atoms with E-state index in [1.54, 1.807) is 12.1 Å². The minimum Gasteiger partial charge on any atom is -0.349 e. The van der Waals surface area contributed by atoms with Gasteiger partial charge in [0.15, 0.2) is 0 Å². The molecule has 1 aromatic rings. The third-order valence-electron chi connectivity index (χ3n) is 2.91. The van der Waals surface area contributed by atoms with Crippen LogP contribution in [0.5, 0.6) is 0 Å². The molecule has 0 saturated heterocycles. The molecule has 86 valence electrons. The zero-order chi connectivity index (χ0) is 11.7. The van der Waals surface area contributed by atoms with Gasteiger partial charge in [-0.1, -0.05) is 13.0 Å². The Balaban J connectivity index is 2.06. The van der Waals surface area contributed by atoms with Gasteiger partial charge in [-0.25, -0.2) is 4.39 Å². The molecule has 1 fully saturated rings. The van der Waals surface area contributed by atoms with Crippen molar-refractivity contribution in [3.8, 4) is 0 Å².